The Bertz CT molecular complexity index is 2400. The van der Waals surface area contributed by atoms with Gasteiger partial charge in [-0.3, -0.25) is 4.68 Å². The number of aromatic nitrogens is 4. The first-order valence-corrected chi connectivity index (χ1v) is 18.6. The van der Waals surface area contributed by atoms with Crippen molar-refractivity contribution in [3.63, 3.8) is 0 Å². The Morgan fingerprint density at radius 2 is 1.51 bits per heavy atom. The summed E-state index contributed by atoms with van der Waals surface area (Å²) in [6, 6.07) is 35.1. The van der Waals surface area contributed by atoms with Crippen LogP contribution in [0, 0.1) is 38.8 Å². The van der Waals surface area contributed by atoms with E-state index in [-0.39, 0.29) is 25.8 Å². The molecule has 4 aromatic carbocycles. The molecule has 0 fully saturated rings. The van der Waals surface area contributed by atoms with E-state index >= 15 is 0 Å². The summed E-state index contributed by atoms with van der Waals surface area (Å²) in [5.74, 6) is 3.08. The molecule has 0 atom stereocenters. The minimum Gasteiger partial charge on any atom is -0.509 e. The number of hydrogen-bond acceptors (Lipinski definition) is 3. The van der Waals surface area contributed by atoms with Crippen LogP contribution in [0.5, 0.6) is 11.5 Å². The van der Waals surface area contributed by atoms with Gasteiger partial charge >= 0.3 is 20.4 Å². The number of hydrogen-bond donors (Lipinski definition) is 0. The molecule has 0 aliphatic carbocycles. The summed E-state index contributed by atoms with van der Waals surface area (Å²) >= 11 is 0. The topological polar surface area (TPSA) is 44.9 Å². The zero-order valence-electron chi connectivity index (χ0n) is 32.7. The van der Waals surface area contributed by atoms with Crippen molar-refractivity contribution in [2.75, 3.05) is 0 Å². The normalized spacial score (nSPS) is 11.9. The van der Waals surface area contributed by atoms with Gasteiger partial charge in [-0.05, 0) is 102 Å². The second-order valence-electron chi connectivity index (χ2n) is 16.0. The minimum absolute atomic E-state index is 0. The molecule has 0 aliphatic rings. The average Bonchev–Trinajstić information content (AvgIpc) is 3.60. The maximum atomic E-state index is 6.75. The van der Waals surface area contributed by atoms with Crippen LogP contribution in [0.4, 0.5) is 0 Å². The van der Waals surface area contributed by atoms with Crippen LogP contribution in [0.15, 0.2) is 85.1 Å². The molecule has 0 N–H and O–H groups in total. The number of benzene rings is 4. The van der Waals surface area contributed by atoms with Crippen molar-refractivity contribution in [1.29, 1.82) is 0 Å². The van der Waals surface area contributed by atoms with Crippen LogP contribution in [0.25, 0.3) is 44.4 Å². The fraction of sp³-hybridized carbons (Fsp3) is 0.319. The molecule has 0 radical (unpaired) electrons. The maximum Gasteiger partial charge on any atom is 2.00 e. The van der Waals surface area contributed by atoms with Crippen molar-refractivity contribution < 1.29 is 25.2 Å². The third kappa shape index (κ3) is 7.50. The molecule has 5 nitrogen and oxygen atoms in total. The summed E-state index contributed by atoms with van der Waals surface area (Å²) in [4.78, 5) is 4.82. The van der Waals surface area contributed by atoms with E-state index in [0.29, 0.717) is 23.3 Å². The molecule has 0 unspecified atom stereocenters. The number of pyridine rings is 1. The summed E-state index contributed by atoms with van der Waals surface area (Å²) in [7, 11) is 0. The van der Waals surface area contributed by atoms with Gasteiger partial charge in [-0.1, -0.05) is 90.4 Å². The first-order chi connectivity index (χ1) is 24.8. The number of rotatable bonds is 9. The smallest absolute Gasteiger partial charge is 0.509 e. The van der Waals surface area contributed by atoms with Crippen LogP contribution in [0.3, 0.4) is 0 Å². The Kier molecular flexibility index (Phi) is 10.9. The monoisotopic (exact) mass is 792 g/mol. The Morgan fingerprint density at radius 3 is 2.21 bits per heavy atom. The third-order valence-corrected chi connectivity index (χ3v) is 10.2. The summed E-state index contributed by atoms with van der Waals surface area (Å²) in [6.07, 6.45) is 3.87. The number of para-hydroxylation sites is 1. The van der Waals surface area contributed by atoms with Gasteiger partial charge < -0.3 is 9.30 Å². The van der Waals surface area contributed by atoms with Crippen molar-refractivity contribution >= 4 is 21.8 Å². The molecule has 3 heterocycles. The van der Waals surface area contributed by atoms with Crippen LogP contribution >= 0.6 is 0 Å². The number of ether oxygens (including phenoxy) is 1. The molecule has 0 aliphatic heterocycles. The second-order valence-corrected chi connectivity index (χ2v) is 16.0. The molecule has 7 rings (SSSR count). The van der Waals surface area contributed by atoms with E-state index in [1.165, 1.54) is 33.5 Å². The SMILES string of the molecule is Cc1cccc(C)c1-c1c(C)nn(-c2[c-]c(Oc3[c-]c4c(cc3)c3ccccc3n4-c3cc(C(C)C)ccn3)cc(C(C)(C)C)c2)c1CCC(C)C.[Pd+2]. The molecular weight excluding hydrogens is 743 g/mol. The number of aryl methyl sites for hydroxylation is 3. The third-order valence-electron chi connectivity index (χ3n) is 10.2. The molecule has 3 aromatic heterocycles. The van der Waals surface area contributed by atoms with Crippen molar-refractivity contribution in [1.82, 2.24) is 19.3 Å². The molecule has 0 bridgehead atoms. The van der Waals surface area contributed by atoms with E-state index in [9.17, 15) is 0 Å². The van der Waals surface area contributed by atoms with Crippen molar-refractivity contribution in [3.05, 3.63) is 131 Å². The van der Waals surface area contributed by atoms with E-state index in [1.54, 1.807) is 0 Å². The Balaban J connectivity index is 0.00000481. The molecule has 6 heteroatoms. The Labute approximate surface area is 329 Å². The van der Waals surface area contributed by atoms with Gasteiger partial charge in [0, 0.05) is 34.5 Å². The summed E-state index contributed by atoms with van der Waals surface area (Å²) in [6.45, 7) is 22.2. The molecule has 0 saturated heterocycles. The molecule has 0 amide bonds. The van der Waals surface area contributed by atoms with Gasteiger partial charge in [-0.25, -0.2) is 4.98 Å². The van der Waals surface area contributed by atoms with Crippen LogP contribution in [-0.4, -0.2) is 19.3 Å². The van der Waals surface area contributed by atoms with Crippen molar-refractivity contribution in [2.45, 2.75) is 93.4 Å². The van der Waals surface area contributed by atoms with Crippen LogP contribution in [-0.2, 0) is 32.3 Å². The molecule has 53 heavy (non-hydrogen) atoms. The fourth-order valence-electron chi connectivity index (χ4n) is 7.30. The molecular formula is C47H50N4OPd. The van der Waals surface area contributed by atoms with E-state index in [4.69, 9.17) is 14.8 Å². The first-order valence-electron chi connectivity index (χ1n) is 18.6. The standard InChI is InChI=1S/C47H50N4O.Pd/c1-29(2)18-21-42-46(45-31(5)14-13-15-32(45)6)33(7)49-51(42)36-25-35(47(8,9)10)26-38(27-36)52-37-19-20-40-39-16-11-12-17-41(39)50(43(40)28-37)44-24-34(30(3)4)22-23-48-44;/h11-17,19-20,22-26,29-30H,18,21H2,1-10H3;/q-2;+2. The van der Waals surface area contributed by atoms with Gasteiger partial charge in [0.05, 0.1) is 5.69 Å². The quantitative estimate of drug-likeness (QED) is 0.108. The van der Waals surface area contributed by atoms with Crippen LogP contribution < -0.4 is 4.74 Å². The second kappa shape index (κ2) is 15.1. The molecule has 274 valence electrons. The molecule has 0 saturated carbocycles. The summed E-state index contributed by atoms with van der Waals surface area (Å²) in [5, 5.41) is 7.49. The van der Waals surface area contributed by atoms with Gasteiger partial charge in [0.2, 0.25) is 0 Å². The van der Waals surface area contributed by atoms with Crippen molar-refractivity contribution in [2.24, 2.45) is 5.92 Å². The predicted octanol–water partition coefficient (Wildman–Crippen LogP) is 12.4. The zero-order valence-corrected chi connectivity index (χ0v) is 34.2. The van der Waals surface area contributed by atoms with Gasteiger partial charge in [-0.15, -0.1) is 41.3 Å². The van der Waals surface area contributed by atoms with Gasteiger partial charge in [-0.2, -0.15) is 11.2 Å². The van der Waals surface area contributed by atoms with E-state index in [1.807, 2.05) is 12.3 Å². The van der Waals surface area contributed by atoms with Gasteiger partial charge in [0.1, 0.15) is 5.82 Å². The zero-order chi connectivity index (χ0) is 36.9. The van der Waals surface area contributed by atoms with Crippen LogP contribution in [0.2, 0.25) is 0 Å². The Hall–Kier alpha value is -4.50. The predicted molar refractivity (Wildman–Crippen MR) is 215 cm³/mol. The molecule has 7 aromatic rings. The first kappa shape index (κ1) is 38.2. The summed E-state index contributed by atoms with van der Waals surface area (Å²) < 4.78 is 11.1. The van der Waals surface area contributed by atoms with Crippen molar-refractivity contribution in [3.8, 4) is 34.1 Å². The van der Waals surface area contributed by atoms with Crippen LogP contribution in [0.1, 0.15) is 94.4 Å². The average molecular weight is 793 g/mol. The van der Waals surface area contributed by atoms with Gasteiger partial charge in [0.15, 0.2) is 0 Å². The van der Waals surface area contributed by atoms with E-state index in [2.05, 4.69) is 163 Å². The van der Waals surface area contributed by atoms with Gasteiger partial charge in [0.25, 0.3) is 0 Å². The Morgan fingerprint density at radius 1 is 0.774 bits per heavy atom. The number of fused-ring (bicyclic) bond motifs is 3. The fourth-order valence-corrected chi connectivity index (χ4v) is 7.30. The minimum atomic E-state index is -0.134. The largest absolute Gasteiger partial charge is 2.00 e. The van der Waals surface area contributed by atoms with E-state index in [0.717, 1.165) is 57.4 Å². The summed E-state index contributed by atoms with van der Waals surface area (Å²) in [5.41, 5.74) is 12.4. The van der Waals surface area contributed by atoms with E-state index < -0.39 is 0 Å². The molecule has 0 spiro atoms. The number of nitrogens with zero attached hydrogens (tertiary/aromatic N) is 4. The maximum absolute atomic E-state index is 6.75.